The molecule has 0 amide bonds. The van der Waals surface area contributed by atoms with Crippen molar-refractivity contribution in [2.75, 3.05) is 0 Å². The number of allylic oxidation sites excluding steroid dienone is 1. The maximum absolute atomic E-state index is 10.7. The molecule has 0 saturated heterocycles. The lowest BCUT2D eigenvalue weighted by Gasteiger charge is -2.09. The van der Waals surface area contributed by atoms with Crippen molar-refractivity contribution in [2.24, 2.45) is 0 Å². The Balaban J connectivity index is 2.27. The lowest BCUT2D eigenvalue weighted by Crippen LogP contribution is -1.95. The fourth-order valence-corrected chi connectivity index (χ4v) is 1.58. The Labute approximate surface area is 107 Å². The van der Waals surface area contributed by atoms with Crippen molar-refractivity contribution < 1.29 is 9.53 Å². The van der Waals surface area contributed by atoms with Crippen LogP contribution in [0.4, 0.5) is 0 Å². The first kappa shape index (κ1) is 12.1. The molecule has 0 unspecified atom stereocenters. The molecule has 0 heterocycles. The second-order valence-corrected chi connectivity index (χ2v) is 3.95. The van der Waals surface area contributed by atoms with Crippen LogP contribution >= 0.6 is 0 Å². The number of carbonyl (C=O) groups is 1. The molecule has 0 spiro atoms. The molecule has 0 aromatic heterocycles. The van der Waals surface area contributed by atoms with Gasteiger partial charge in [0.25, 0.3) is 0 Å². The normalized spacial score (nSPS) is 11.1. The van der Waals surface area contributed by atoms with E-state index in [9.17, 15) is 4.79 Å². The number of aldehydes is 1. The highest BCUT2D eigenvalue weighted by Gasteiger charge is 2.03. The van der Waals surface area contributed by atoms with Gasteiger partial charge in [0.1, 0.15) is 17.8 Å². The SMILES string of the molecule is Cc1ccc(/C(=C\C=O)Oc2ccccc2)cc1. The predicted molar refractivity (Wildman–Crippen MR) is 72.3 cm³/mol. The topological polar surface area (TPSA) is 26.3 Å². The lowest BCUT2D eigenvalue weighted by atomic mass is 10.1. The fraction of sp³-hybridized carbons (Fsp3) is 0.0625. The van der Waals surface area contributed by atoms with Crippen LogP contribution in [0.1, 0.15) is 11.1 Å². The molecule has 0 radical (unpaired) electrons. The van der Waals surface area contributed by atoms with Crippen LogP contribution in [0.2, 0.25) is 0 Å². The molecule has 0 bridgehead atoms. The molecule has 0 fully saturated rings. The van der Waals surface area contributed by atoms with Crippen LogP contribution < -0.4 is 4.74 Å². The average molecular weight is 238 g/mol. The van der Waals surface area contributed by atoms with Crippen LogP contribution in [-0.2, 0) is 4.79 Å². The van der Waals surface area contributed by atoms with Crippen LogP contribution in [0.15, 0.2) is 60.7 Å². The Hall–Kier alpha value is -2.35. The number of ether oxygens (including phenoxy) is 1. The summed E-state index contributed by atoms with van der Waals surface area (Å²) in [5, 5.41) is 0. The molecule has 2 aromatic rings. The van der Waals surface area contributed by atoms with Crippen molar-refractivity contribution >= 4 is 12.0 Å². The summed E-state index contributed by atoms with van der Waals surface area (Å²) in [5.41, 5.74) is 2.06. The van der Waals surface area contributed by atoms with Crippen molar-refractivity contribution in [2.45, 2.75) is 6.92 Å². The fourth-order valence-electron chi connectivity index (χ4n) is 1.58. The van der Waals surface area contributed by atoms with E-state index in [1.54, 1.807) is 0 Å². The molecule has 2 rings (SSSR count). The Kier molecular flexibility index (Phi) is 3.92. The van der Waals surface area contributed by atoms with E-state index in [1.807, 2.05) is 61.5 Å². The molecule has 90 valence electrons. The number of aryl methyl sites for hydroxylation is 1. The van der Waals surface area contributed by atoms with Gasteiger partial charge in [-0.3, -0.25) is 4.79 Å². The Morgan fingerprint density at radius 3 is 2.28 bits per heavy atom. The van der Waals surface area contributed by atoms with Crippen molar-refractivity contribution in [3.63, 3.8) is 0 Å². The molecule has 0 aliphatic rings. The lowest BCUT2D eigenvalue weighted by molar-refractivity contribution is -0.104. The maximum atomic E-state index is 10.7. The first-order valence-corrected chi connectivity index (χ1v) is 5.75. The van der Waals surface area contributed by atoms with E-state index < -0.39 is 0 Å². The van der Waals surface area contributed by atoms with Crippen molar-refractivity contribution in [1.82, 2.24) is 0 Å². The smallest absolute Gasteiger partial charge is 0.146 e. The molecule has 0 aliphatic heterocycles. The minimum Gasteiger partial charge on any atom is -0.457 e. The summed E-state index contributed by atoms with van der Waals surface area (Å²) < 4.78 is 5.71. The van der Waals surface area contributed by atoms with E-state index in [-0.39, 0.29) is 0 Å². The zero-order valence-corrected chi connectivity index (χ0v) is 10.2. The van der Waals surface area contributed by atoms with E-state index in [1.165, 1.54) is 11.6 Å². The molecule has 0 atom stereocenters. The Morgan fingerprint density at radius 2 is 1.67 bits per heavy atom. The molecular weight excluding hydrogens is 224 g/mol. The molecular formula is C16H14O2. The highest BCUT2D eigenvalue weighted by molar-refractivity contribution is 5.79. The van der Waals surface area contributed by atoms with Gasteiger partial charge in [-0.2, -0.15) is 0 Å². The third-order valence-electron chi connectivity index (χ3n) is 2.53. The van der Waals surface area contributed by atoms with Crippen LogP contribution in [0.5, 0.6) is 5.75 Å². The van der Waals surface area contributed by atoms with Crippen LogP contribution in [0.25, 0.3) is 5.76 Å². The zero-order chi connectivity index (χ0) is 12.8. The van der Waals surface area contributed by atoms with Gasteiger partial charge in [0, 0.05) is 11.6 Å². The van der Waals surface area contributed by atoms with Gasteiger partial charge in [0.05, 0.1) is 0 Å². The van der Waals surface area contributed by atoms with Crippen molar-refractivity contribution in [3.05, 3.63) is 71.8 Å². The number of carbonyl (C=O) groups excluding carboxylic acids is 1. The minimum absolute atomic E-state index is 0.552. The monoisotopic (exact) mass is 238 g/mol. The Morgan fingerprint density at radius 1 is 1.00 bits per heavy atom. The highest BCUT2D eigenvalue weighted by Crippen LogP contribution is 2.20. The van der Waals surface area contributed by atoms with Crippen LogP contribution in [0, 0.1) is 6.92 Å². The third kappa shape index (κ3) is 3.08. The third-order valence-corrected chi connectivity index (χ3v) is 2.53. The summed E-state index contributed by atoms with van der Waals surface area (Å²) in [6.45, 7) is 2.02. The first-order valence-electron chi connectivity index (χ1n) is 5.75. The summed E-state index contributed by atoms with van der Waals surface area (Å²) in [6, 6.07) is 17.3. The van der Waals surface area contributed by atoms with Crippen LogP contribution in [-0.4, -0.2) is 6.29 Å². The molecule has 0 aliphatic carbocycles. The molecule has 18 heavy (non-hydrogen) atoms. The van der Waals surface area contributed by atoms with Gasteiger partial charge in [-0.25, -0.2) is 0 Å². The highest BCUT2D eigenvalue weighted by atomic mass is 16.5. The van der Waals surface area contributed by atoms with E-state index >= 15 is 0 Å². The standard InChI is InChI=1S/C16H14O2/c1-13-7-9-14(10-8-13)16(11-12-17)18-15-5-3-2-4-6-15/h2-12H,1H3/b16-11+. The van der Waals surface area contributed by atoms with E-state index in [2.05, 4.69) is 0 Å². The number of benzene rings is 2. The van der Waals surface area contributed by atoms with Gasteiger partial charge < -0.3 is 4.74 Å². The second-order valence-electron chi connectivity index (χ2n) is 3.95. The van der Waals surface area contributed by atoms with Crippen LogP contribution in [0.3, 0.4) is 0 Å². The van der Waals surface area contributed by atoms with E-state index in [4.69, 9.17) is 4.74 Å². The summed E-state index contributed by atoms with van der Waals surface area (Å²) in [5.74, 6) is 1.27. The van der Waals surface area contributed by atoms with Crippen molar-refractivity contribution in [1.29, 1.82) is 0 Å². The minimum atomic E-state index is 0.552. The molecule has 2 nitrogen and oxygen atoms in total. The van der Waals surface area contributed by atoms with Gasteiger partial charge in [-0.05, 0) is 19.1 Å². The van der Waals surface area contributed by atoms with Gasteiger partial charge >= 0.3 is 0 Å². The first-order chi connectivity index (χ1) is 8.79. The van der Waals surface area contributed by atoms with Gasteiger partial charge in [-0.1, -0.05) is 48.0 Å². The maximum Gasteiger partial charge on any atom is 0.146 e. The number of hydrogen-bond donors (Lipinski definition) is 0. The largest absolute Gasteiger partial charge is 0.457 e. The Bertz CT molecular complexity index is 539. The van der Waals surface area contributed by atoms with Crippen molar-refractivity contribution in [3.8, 4) is 5.75 Å². The molecule has 2 heteroatoms. The van der Waals surface area contributed by atoms with Gasteiger partial charge in [-0.15, -0.1) is 0 Å². The summed E-state index contributed by atoms with van der Waals surface area (Å²) >= 11 is 0. The van der Waals surface area contributed by atoms with E-state index in [0.29, 0.717) is 11.5 Å². The predicted octanol–water partition coefficient (Wildman–Crippen LogP) is 3.61. The van der Waals surface area contributed by atoms with Gasteiger partial charge in [0.15, 0.2) is 0 Å². The van der Waals surface area contributed by atoms with E-state index in [0.717, 1.165) is 11.8 Å². The average Bonchev–Trinajstić information content (AvgIpc) is 2.40. The number of hydrogen-bond acceptors (Lipinski definition) is 2. The zero-order valence-electron chi connectivity index (χ0n) is 10.2. The second kappa shape index (κ2) is 5.82. The summed E-state index contributed by atoms with van der Waals surface area (Å²) in [6.07, 6.45) is 2.16. The molecule has 0 N–H and O–H groups in total. The number of para-hydroxylation sites is 1. The molecule has 2 aromatic carbocycles. The molecule has 0 saturated carbocycles. The quantitative estimate of drug-likeness (QED) is 0.462. The summed E-state index contributed by atoms with van der Waals surface area (Å²) in [4.78, 5) is 10.7. The number of rotatable bonds is 4. The van der Waals surface area contributed by atoms with Gasteiger partial charge in [0.2, 0.25) is 0 Å². The summed E-state index contributed by atoms with van der Waals surface area (Å²) in [7, 11) is 0.